The molecule has 0 aromatic carbocycles. The molecule has 0 aromatic heterocycles. The van der Waals surface area contributed by atoms with Gasteiger partial charge in [-0.05, 0) is 86.5 Å². The van der Waals surface area contributed by atoms with Gasteiger partial charge in [-0.2, -0.15) is 0 Å². The van der Waals surface area contributed by atoms with Crippen LogP contribution in [0.25, 0.3) is 0 Å². The van der Waals surface area contributed by atoms with Crippen molar-refractivity contribution < 1.29 is 38.2 Å². The molecule has 0 aromatic rings. The van der Waals surface area contributed by atoms with Gasteiger partial charge in [-0.25, -0.2) is 14.4 Å². The van der Waals surface area contributed by atoms with Gasteiger partial charge in [0.15, 0.2) is 0 Å². The number of nitrogens with one attached hydrogen (secondary N) is 4. The molecule has 0 saturated heterocycles. The van der Waals surface area contributed by atoms with E-state index in [0.717, 1.165) is 32.1 Å². The fourth-order valence-electron chi connectivity index (χ4n) is 4.04. The van der Waals surface area contributed by atoms with Crippen LogP contribution in [-0.4, -0.2) is 73.5 Å². The first-order chi connectivity index (χ1) is 20.1. The fourth-order valence-corrected chi connectivity index (χ4v) is 4.04. The minimum Gasteiger partial charge on any atom is -0.467 e. The zero-order chi connectivity index (χ0) is 32.9. The Kier molecular flexibility index (Phi) is 20.1. The predicted molar refractivity (Wildman–Crippen MR) is 165 cm³/mol. The molecule has 0 spiro atoms. The van der Waals surface area contributed by atoms with Crippen LogP contribution < -0.4 is 21.3 Å². The molecule has 250 valence electrons. The quantitative estimate of drug-likeness (QED) is 0.0857. The normalized spacial score (nSPS) is 12.8. The first-order valence-corrected chi connectivity index (χ1v) is 15.7. The third-order valence-corrected chi connectivity index (χ3v) is 6.14. The molecular weight excluding hydrogens is 556 g/mol. The summed E-state index contributed by atoms with van der Waals surface area (Å²) < 4.78 is 15.3. The zero-order valence-electron chi connectivity index (χ0n) is 27.8. The van der Waals surface area contributed by atoms with E-state index in [2.05, 4.69) is 28.2 Å². The highest BCUT2D eigenvalue weighted by atomic mass is 16.6. The monoisotopic (exact) mass is 614 g/mol. The number of esters is 1. The number of alkyl carbamates (subject to hydrolysis) is 2. The molecule has 0 aliphatic rings. The lowest BCUT2D eigenvalue weighted by molar-refractivity contribution is -0.145. The van der Waals surface area contributed by atoms with Crippen LogP contribution in [0.1, 0.15) is 126 Å². The second kappa shape index (κ2) is 21.6. The van der Waals surface area contributed by atoms with E-state index in [1.54, 1.807) is 41.5 Å². The molecule has 0 unspecified atom stereocenters. The highest BCUT2D eigenvalue weighted by Gasteiger charge is 2.27. The molecule has 0 aliphatic carbocycles. The summed E-state index contributed by atoms with van der Waals surface area (Å²) in [5, 5.41) is 10.9. The van der Waals surface area contributed by atoms with Crippen LogP contribution in [-0.2, 0) is 28.6 Å². The first-order valence-electron chi connectivity index (χ1n) is 15.7. The lowest BCUT2D eigenvalue weighted by atomic mass is 10.1. The summed E-state index contributed by atoms with van der Waals surface area (Å²) in [6, 6.07) is -1.74. The molecular formula is C31H58N4O8. The van der Waals surface area contributed by atoms with E-state index in [-0.39, 0.29) is 5.91 Å². The largest absolute Gasteiger partial charge is 0.467 e. The van der Waals surface area contributed by atoms with Crippen LogP contribution in [0.15, 0.2) is 0 Å². The minimum atomic E-state index is -0.902. The van der Waals surface area contributed by atoms with Crippen LogP contribution in [0.3, 0.4) is 0 Å². The Bertz CT molecular complexity index is 852. The van der Waals surface area contributed by atoms with E-state index in [1.807, 2.05) is 0 Å². The van der Waals surface area contributed by atoms with Gasteiger partial charge in [0, 0.05) is 19.5 Å². The number of hydrogen-bond donors (Lipinski definition) is 4. The summed E-state index contributed by atoms with van der Waals surface area (Å²) in [5.74, 6) is -1.27. The van der Waals surface area contributed by atoms with E-state index in [4.69, 9.17) is 14.2 Å². The molecule has 4 amide bonds. The zero-order valence-corrected chi connectivity index (χ0v) is 27.8. The Hall–Kier alpha value is -3.05. The number of ether oxygens (including phenoxy) is 3. The van der Waals surface area contributed by atoms with Crippen LogP contribution in [0.4, 0.5) is 9.59 Å². The Morgan fingerprint density at radius 1 is 0.628 bits per heavy atom. The summed E-state index contributed by atoms with van der Waals surface area (Å²) >= 11 is 0. The van der Waals surface area contributed by atoms with E-state index in [9.17, 15) is 24.0 Å². The van der Waals surface area contributed by atoms with E-state index >= 15 is 0 Å². The third kappa shape index (κ3) is 23.1. The summed E-state index contributed by atoms with van der Waals surface area (Å²) in [6.07, 6.45) is 7.10. The summed E-state index contributed by atoms with van der Waals surface area (Å²) in [5.41, 5.74) is -1.20. The maximum atomic E-state index is 13.3. The average molecular weight is 615 g/mol. The van der Waals surface area contributed by atoms with Crippen molar-refractivity contribution in [2.45, 2.75) is 149 Å². The van der Waals surface area contributed by atoms with Gasteiger partial charge in [-0.1, -0.05) is 32.6 Å². The molecule has 0 bridgehead atoms. The lowest BCUT2D eigenvalue weighted by Gasteiger charge is -2.23. The fraction of sp³-hybridized carbons (Fsp3) is 0.839. The van der Waals surface area contributed by atoms with Crippen molar-refractivity contribution in [1.82, 2.24) is 21.3 Å². The number of carbonyl (C=O) groups excluding carboxylic acids is 5. The molecule has 0 fully saturated rings. The summed E-state index contributed by atoms with van der Waals surface area (Å²) in [4.78, 5) is 62.1. The van der Waals surface area contributed by atoms with Gasteiger partial charge in [-0.15, -0.1) is 0 Å². The van der Waals surface area contributed by atoms with Crippen LogP contribution >= 0.6 is 0 Å². The standard InChI is InChI=1S/C31H58N4O8/c1-9-10-11-12-13-20-25(36)34-23(18-14-16-21-32-28(39)42-30(2,3)4)26(37)35-24(27(38)41-8)19-15-17-22-33-29(40)43-31(5,6)7/h23-24H,9-22H2,1-8H3,(H,32,39)(H,33,40)(H,34,36)(H,35,37)/t23-,24-/m0/s1. The van der Waals surface area contributed by atoms with E-state index in [1.165, 1.54) is 7.11 Å². The summed E-state index contributed by atoms with van der Waals surface area (Å²) in [6.45, 7) is 13.5. The van der Waals surface area contributed by atoms with Crippen molar-refractivity contribution in [2.75, 3.05) is 20.2 Å². The average Bonchev–Trinajstić information content (AvgIpc) is 2.88. The van der Waals surface area contributed by atoms with Gasteiger partial charge in [0.25, 0.3) is 0 Å². The van der Waals surface area contributed by atoms with Gasteiger partial charge in [0.1, 0.15) is 23.3 Å². The Morgan fingerprint density at radius 3 is 1.58 bits per heavy atom. The van der Waals surface area contributed by atoms with E-state index < -0.39 is 47.3 Å². The maximum Gasteiger partial charge on any atom is 0.407 e. The minimum absolute atomic E-state index is 0.216. The second-order valence-electron chi connectivity index (χ2n) is 12.7. The van der Waals surface area contributed by atoms with Crippen molar-refractivity contribution in [3.63, 3.8) is 0 Å². The number of methoxy groups -OCH3 is 1. The van der Waals surface area contributed by atoms with Gasteiger partial charge in [0.05, 0.1) is 7.11 Å². The van der Waals surface area contributed by atoms with Crippen molar-refractivity contribution in [3.8, 4) is 0 Å². The number of hydrogen-bond acceptors (Lipinski definition) is 8. The van der Waals surface area contributed by atoms with Crippen LogP contribution in [0.5, 0.6) is 0 Å². The number of carbonyl (C=O) groups is 5. The molecule has 0 saturated carbocycles. The van der Waals surface area contributed by atoms with Gasteiger partial charge >= 0.3 is 18.2 Å². The lowest BCUT2D eigenvalue weighted by Crippen LogP contribution is -2.51. The maximum absolute atomic E-state index is 13.3. The molecule has 12 nitrogen and oxygen atoms in total. The van der Waals surface area contributed by atoms with Crippen molar-refractivity contribution in [3.05, 3.63) is 0 Å². The number of rotatable bonds is 20. The van der Waals surface area contributed by atoms with Crippen LogP contribution in [0.2, 0.25) is 0 Å². The highest BCUT2D eigenvalue weighted by molar-refractivity contribution is 5.90. The first kappa shape index (κ1) is 40.0. The Balaban J connectivity index is 5.04. The Morgan fingerprint density at radius 2 is 1.12 bits per heavy atom. The molecule has 0 heterocycles. The SMILES string of the molecule is CCCCCCCC(=O)N[C@@H](CCCCNC(=O)OC(C)(C)C)C(=O)N[C@@H](CCCCNC(=O)OC(C)(C)C)C(=O)OC. The van der Waals surface area contributed by atoms with Crippen LogP contribution in [0, 0.1) is 0 Å². The molecule has 43 heavy (non-hydrogen) atoms. The predicted octanol–water partition coefficient (Wildman–Crippen LogP) is 4.88. The smallest absolute Gasteiger partial charge is 0.407 e. The van der Waals surface area contributed by atoms with Gasteiger partial charge < -0.3 is 35.5 Å². The number of amides is 4. The van der Waals surface area contributed by atoms with Gasteiger partial charge in [0.2, 0.25) is 11.8 Å². The summed E-state index contributed by atoms with van der Waals surface area (Å²) in [7, 11) is 1.25. The third-order valence-electron chi connectivity index (χ3n) is 6.14. The van der Waals surface area contributed by atoms with Crippen molar-refractivity contribution >= 4 is 30.0 Å². The number of unbranched alkanes of at least 4 members (excludes halogenated alkanes) is 6. The van der Waals surface area contributed by atoms with Crippen molar-refractivity contribution in [1.29, 1.82) is 0 Å². The molecule has 12 heteroatoms. The van der Waals surface area contributed by atoms with E-state index in [0.29, 0.717) is 58.0 Å². The van der Waals surface area contributed by atoms with Gasteiger partial charge in [-0.3, -0.25) is 9.59 Å². The molecule has 0 aliphatic heterocycles. The molecule has 4 N–H and O–H groups in total. The molecule has 0 rings (SSSR count). The molecule has 2 atom stereocenters. The second-order valence-corrected chi connectivity index (χ2v) is 12.7. The van der Waals surface area contributed by atoms with Crippen molar-refractivity contribution in [2.24, 2.45) is 0 Å². The molecule has 0 radical (unpaired) electrons. The Labute approximate surface area is 258 Å². The highest BCUT2D eigenvalue weighted by Crippen LogP contribution is 2.10. The topological polar surface area (TPSA) is 161 Å².